The number of thiazole rings is 1. The van der Waals surface area contributed by atoms with E-state index in [4.69, 9.17) is 9.73 Å². The molecule has 1 aliphatic rings. The van der Waals surface area contributed by atoms with Crippen LogP contribution in [0.5, 0.6) is 5.75 Å². The summed E-state index contributed by atoms with van der Waals surface area (Å²) in [6.07, 6.45) is 1.94. The molecule has 0 fully saturated rings. The predicted octanol–water partition coefficient (Wildman–Crippen LogP) is 4.22. The molecule has 202 valence electrons. The number of hydrogen-bond donors (Lipinski definition) is 0. The van der Waals surface area contributed by atoms with Gasteiger partial charge in [0.15, 0.2) is 4.80 Å². The Balaban J connectivity index is 1.87. The van der Waals surface area contributed by atoms with Gasteiger partial charge in [-0.25, -0.2) is 4.99 Å². The molecule has 0 aliphatic carbocycles. The van der Waals surface area contributed by atoms with Gasteiger partial charge in [0.05, 0.1) is 22.9 Å². The van der Waals surface area contributed by atoms with Crippen LogP contribution < -0.4 is 19.6 Å². The number of ether oxygens (including phenoxy) is 1. The molecule has 39 heavy (non-hydrogen) atoms. The Hall–Kier alpha value is -3.91. The fourth-order valence-electron chi connectivity index (χ4n) is 5.46. The SMILES string of the molecule is CCN(CC)C(=O)C1=C(C)N=c2s/c(=C/c3cc(C)n(C)c3C)c(=O)n2[C@@H]1c1c(OC)ccc2ccccc12. The summed E-state index contributed by atoms with van der Waals surface area (Å²) < 4.78 is 10.3. The molecular formula is C31H34N4O3S. The minimum absolute atomic E-state index is 0.120. The summed E-state index contributed by atoms with van der Waals surface area (Å²) in [6.45, 7) is 11.0. The molecule has 8 heteroatoms. The highest BCUT2D eigenvalue weighted by Gasteiger charge is 2.36. The van der Waals surface area contributed by atoms with Crippen molar-refractivity contribution in [2.24, 2.45) is 12.0 Å². The Morgan fingerprint density at radius 2 is 1.85 bits per heavy atom. The number of methoxy groups -OCH3 is 1. The number of rotatable bonds is 6. The number of carbonyl (C=O) groups excluding carboxylic acids is 1. The average Bonchev–Trinajstić information content (AvgIpc) is 3.37. The van der Waals surface area contributed by atoms with E-state index >= 15 is 0 Å². The molecule has 0 bridgehead atoms. The van der Waals surface area contributed by atoms with Crippen molar-refractivity contribution in [3.05, 3.63) is 95.9 Å². The highest BCUT2D eigenvalue weighted by Crippen LogP contribution is 2.40. The summed E-state index contributed by atoms with van der Waals surface area (Å²) in [5.74, 6) is 0.507. The first-order valence-electron chi connectivity index (χ1n) is 13.2. The molecule has 0 spiro atoms. The highest BCUT2D eigenvalue weighted by atomic mass is 32.1. The molecule has 0 radical (unpaired) electrons. The molecule has 7 nitrogen and oxygen atoms in total. The van der Waals surface area contributed by atoms with Crippen molar-refractivity contribution < 1.29 is 9.53 Å². The van der Waals surface area contributed by atoms with E-state index in [9.17, 15) is 9.59 Å². The lowest BCUT2D eigenvalue weighted by Gasteiger charge is -2.30. The maximum atomic E-state index is 14.2. The van der Waals surface area contributed by atoms with Gasteiger partial charge in [0.25, 0.3) is 11.5 Å². The molecule has 0 saturated carbocycles. The van der Waals surface area contributed by atoms with Crippen LogP contribution in [0.2, 0.25) is 0 Å². The quantitative estimate of drug-likeness (QED) is 0.366. The summed E-state index contributed by atoms with van der Waals surface area (Å²) in [4.78, 5) is 35.4. The number of likely N-dealkylation sites (N-methyl/N-ethyl adjacent to an activating group) is 1. The Kier molecular flexibility index (Phi) is 7.07. The second kappa shape index (κ2) is 10.3. The van der Waals surface area contributed by atoms with E-state index in [1.165, 1.54) is 11.3 Å². The zero-order chi connectivity index (χ0) is 28.0. The summed E-state index contributed by atoms with van der Waals surface area (Å²) in [5, 5.41) is 1.95. The predicted molar refractivity (Wildman–Crippen MR) is 157 cm³/mol. The number of benzene rings is 2. The zero-order valence-electron chi connectivity index (χ0n) is 23.5. The van der Waals surface area contributed by atoms with Crippen molar-refractivity contribution in [2.75, 3.05) is 20.2 Å². The number of allylic oxidation sites excluding steroid dienone is 1. The summed E-state index contributed by atoms with van der Waals surface area (Å²) in [6, 6.07) is 13.3. The van der Waals surface area contributed by atoms with Crippen LogP contribution in [-0.4, -0.2) is 40.1 Å². The van der Waals surface area contributed by atoms with Crippen LogP contribution in [0, 0.1) is 13.8 Å². The first kappa shape index (κ1) is 26.7. The monoisotopic (exact) mass is 542 g/mol. The van der Waals surface area contributed by atoms with Gasteiger partial charge in [0, 0.05) is 37.1 Å². The maximum absolute atomic E-state index is 14.2. The van der Waals surface area contributed by atoms with Gasteiger partial charge in [0.1, 0.15) is 11.8 Å². The second-order valence-corrected chi connectivity index (χ2v) is 10.9. The minimum atomic E-state index is -0.684. The number of aromatic nitrogens is 2. The summed E-state index contributed by atoms with van der Waals surface area (Å²) in [5.41, 5.74) is 4.93. The van der Waals surface area contributed by atoms with Crippen LogP contribution in [0.25, 0.3) is 16.8 Å². The first-order valence-corrected chi connectivity index (χ1v) is 14.0. The molecule has 1 atom stereocenters. The Bertz CT molecular complexity index is 1820. The lowest BCUT2D eigenvalue weighted by atomic mass is 9.90. The number of carbonyl (C=O) groups is 1. The number of amides is 1. The summed E-state index contributed by atoms with van der Waals surface area (Å²) >= 11 is 1.35. The Labute approximate surface area is 232 Å². The van der Waals surface area contributed by atoms with Crippen molar-refractivity contribution in [2.45, 2.75) is 40.7 Å². The van der Waals surface area contributed by atoms with E-state index in [1.54, 1.807) is 16.6 Å². The van der Waals surface area contributed by atoms with Gasteiger partial charge in [0.2, 0.25) is 0 Å². The summed E-state index contributed by atoms with van der Waals surface area (Å²) in [7, 11) is 3.64. The van der Waals surface area contributed by atoms with E-state index in [2.05, 4.69) is 10.6 Å². The fourth-order valence-corrected chi connectivity index (χ4v) is 6.49. The zero-order valence-corrected chi connectivity index (χ0v) is 24.3. The Morgan fingerprint density at radius 1 is 1.13 bits per heavy atom. The molecule has 0 unspecified atom stereocenters. The molecule has 2 aromatic carbocycles. The number of fused-ring (bicyclic) bond motifs is 2. The van der Waals surface area contributed by atoms with E-state index < -0.39 is 6.04 Å². The van der Waals surface area contributed by atoms with Crippen LogP contribution in [-0.2, 0) is 11.8 Å². The van der Waals surface area contributed by atoms with Crippen molar-refractivity contribution in [1.82, 2.24) is 14.0 Å². The van der Waals surface area contributed by atoms with Gasteiger partial charge in [-0.2, -0.15) is 0 Å². The van der Waals surface area contributed by atoms with Gasteiger partial charge in [-0.3, -0.25) is 14.2 Å². The van der Waals surface area contributed by atoms with Crippen molar-refractivity contribution in [1.29, 1.82) is 0 Å². The normalized spacial score (nSPS) is 15.5. The van der Waals surface area contributed by atoms with Crippen molar-refractivity contribution >= 4 is 34.1 Å². The topological polar surface area (TPSA) is 68.8 Å². The van der Waals surface area contributed by atoms with Crippen molar-refractivity contribution in [3.63, 3.8) is 0 Å². The van der Waals surface area contributed by atoms with Crippen LogP contribution in [0.1, 0.15) is 49.3 Å². The third kappa shape index (κ3) is 4.33. The van der Waals surface area contributed by atoms with Gasteiger partial charge < -0.3 is 14.2 Å². The second-order valence-electron chi connectivity index (χ2n) is 9.85. The lowest BCUT2D eigenvalue weighted by Crippen LogP contribution is -2.43. The molecule has 1 aliphatic heterocycles. The number of hydrogen-bond acceptors (Lipinski definition) is 5. The van der Waals surface area contributed by atoms with Crippen molar-refractivity contribution in [3.8, 4) is 5.75 Å². The molecular weight excluding hydrogens is 508 g/mol. The lowest BCUT2D eigenvalue weighted by molar-refractivity contribution is -0.127. The van der Waals surface area contributed by atoms with Crippen LogP contribution in [0.15, 0.2) is 63.5 Å². The van der Waals surface area contributed by atoms with Crippen LogP contribution in [0.3, 0.4) is 0 Å². The Morgan fingerprint density at radius 3 is 2.49 bits per heavy atom. The largest absolute Gasteiger partial charge is 0.496 e. The highest BCUT2D eigenvalue weighted by molar-refractivity contribution is 7.07. The first-order chi connectivity index (χ1) is 18.7. The smallest absolute Gasteiger partial charge is 0.271 e. The van der Waals surface area contributed by atoms with Gasteiger partial charge in [-0.15, -0.1) is 0 Å². The molecule has 1 amide bonds. The van der Waals surface area contributed by atoms with E-state index in [1.807, 2.05) is 84.1 Å². The number of aryl methyl sites for hydroxylation is 1. The molecule has 2 aromatic heterocycles. The minimum Gasteiger partial charge on any atom is -0.496 e. The van der Waals surface area contributed by atoms with Crippen LogP contribution in [0.4, 0.5) is 0 Å². The van der Waals surface area contributed by atoms with Gasteiger partial charge in [-0.1, -0.05) is 41.7 Å². The van der Waals surface area contributed by atoms with E-state index in [0.717, 1.165) is 33.3 Å². The third-order valence-electron chi connectivity index (χ3n) is 7.83. The van der Waals surface area contributed by atoms with Gasteiger partial charge >= 0.3 is 0 Å². The standard InChI is InChI=1S/C31H34N4O3S/c1-8-34(9-2)30(37)26-19(4)32-31-35(29(36)25(39-31)17-22-16-18(3)33(6)20(22)5)28(26)27-23-13-11-10-12-21(23)14-15-24(27)38-7/h10-17,28H,8-9H2,1-7H3/b25-17+/t28-/m0/s1. The molecule has 0 N–H and O–H groups in total. The molecule has 0 saturated heterocycles. The molecule has 5 rings (SSSR count). The maximum Gasteiger partial charge on any atom is 0.271 e. The molecule has 3 heterocycles. The van der Waals surface area contributed by atoms with Crippen LogP contribution >= 0.6 is 11.3 Å². The number of nitrogens with zero attached hydrogens (tertiary/aromatic N) is 4. The van der Waals surface area contributed by atoms with E-state index in [-0.39, 0.29) is 11.5 Å². The molecule has 4 aromatic rings. The fraction of sp³-hybridized carbons (Fsp3) is 0.323. The average molecular weight is 543 g/mol. The third-order valence-corrected chi connectivity index (χ3v) is 8.81. The van der Waals surface area contributed by atoms with Gasteiger partial charge in [-0.05, 0) is 69.2 Å². The van der Waals surface area contributed by atoms with E-state index in [0.29, 0.717) is 39.4 Å².